The van der Waals surface area contributed by atoms with Gasteiger partial charge in [0.2, 0.25) is 5.91 Å². The normalized spacial score (nSPS) is 14.8. The van der Waals surface area contributed by atoms with Crippen molar-refractivity contribution in [3.05, 3.63) is 46.9 Å². The molecule has 1 aliphatic heterocycles. The number of nitriles is 1. The summed E-state index contributed by atoms with van der Waals surface area (Å²) < 4.78 is 15.4. The van der Waals surface area contributed by atoms with Crippen LogP contribution < -0.4 is 5.32 Å². The average Bonchev–Trinajstić information content (AvgIpc) is 2.85. The van der Waals surface area contributed by atoms with Gasteiger partial charge in [0, 0.05) is 5.69 Å². The summed E-state index contributed by atoms with van der Waals surface area (Å²) >= 11 is 0. The smallest absolute Gasteiger partial charge is 0.239 e. The van der Waals surface area contributed by atoms with Crippen LogP contribution in [0.3, 0.4) is 0 Å². The maximum absolute atomic E-state index is 13.7. The number of carbonyl (C=O) groups is 1. The van der Waals surface area contributed by atoms with Crippen LogP contribution in [0.5, 0.6) is 0 Å². The van der Waals surface area contributed by atoms with Crippen molar-refractivity contribution in [1.82, 2.24) is 9.47 Å². The van der Waals surface area contributed by atoms with Crippen molar-refractivity contribution in [2.24, 2.45) is 0 Å². The minimum atomic E-state index is -0.364. The van der Waals surface area contributed by atoms with Crippen molar-refractivity contribution in [3.8, 4) is 11.8 Å². The largest absolute Gasteiger partial charge is 0.310 e. The molecular weight excluding hydrogens is 331 g/mol. The third-order valence-electron chi connectivity index (χ3n) is 4.97. The summed E-state index contributed by atoms with van der Waals surface area (Å²) in [6.45, 7) is 5.84. The maximum Gasteiger partial charge on any atom is 0.239 e. The predicted molar refractivity (Wildman–Crippen MR) is 98.8 cm³/mol. The van der Waals surface area contributed by atoms with Gasteiger partial charge in [-0.25, -0.2) is 4.39 Å². The lowest BCUT2D eigenvalue weighted by Gasteiger charge is -2.25. The molecule has 2 aromatic rings. The first-order valence-electron chi connectivity index (χ1n) is 8.91. The quantitative estimate of drug-likeness (QED) is 0.914. The van der Waals surface area contributed by atoms with Gasteiger partial charge in [0.1, 0.15) is 17.7 Å². The summed E-state index contributed by atoms with van der Waals surface area (Å²) in [5.74, 6) is -0.106. The standard InChI is InChI=1S/C20H23FN4O/c1-14-15(2)25(17-8-6-7-16(21)11-17)20(18(14)12-22)23-19(26)13-24-9-4-3-5-10-24/h6-8,11H,3-5,9-10,13H2,1-2H3,(H,23,26). The van der Waals surface area contributed by atoms with E-state index in [4.69, 9.17) is 0 Å². The highest BCUT2D eigenvalue weighted by molar-refractivity contribution is 5.93. The van der Waals surface area contributed by atoms with Crippen LogP contribution in [-0.2, 0) is 4.79 Å². The van der Waals surface area contributed by atoms with Crippen LogP contribution in [0.2, 0.25) is 0 Å². The molecule has 1 aromatic heterocycles. The van der Waals surface area contributed by atoms with Crippen molar-refractivity contribution in [2.75, 3.05) is 25.0 Å². The Hall–Kier alpha value is -2.65. The molecule has 2 heterocycles. The van der Waals surface area contributed by atoms with Crippen LogP contribution in [0.4, 0.5) is 10.2 Å². The second kappa shape index (κ2) is 7.71. The molecule has 0 bridgehead atoms. The van der Waals surface area contributed by atoms with Crippen molar-refractivity contribution < 1.29 is 9.18 Å². The first kappa shape index (κ1) is 18.2. The molecule has 0 spiro atoms. The lowest BCUT2D eigenvalue weighted by Crippen LogP contribution is -2.37. The van der Waals surface area contributed by atoms with Crippen molar-refractivity contribution in [1.29, 1.82) is 5.26 Å². The second-order valence-corrected chi connectivity index (χ2v) is 6.75. The van der Waals surface area contributed by atoms with E-state index in [1.54, 1.807) is 16.7 Å². The number of hydrogen-bond donors (Lipinski definition) is 1. The molecule has 1 fully saturated rings. The van der Waals surface area contributed by atoms with Crippen LogP contribution in [0.15, 0.2) is 24.3 Å². The zero-order valence-corrected chi connectivity index (χ0v) is 15.2. The van der Waals surface area contributed by atoms with E-state index < -0.39 is 0 Å². The topological polar surface area (TPSA) is 61.1 Å². The molecule has 1 amide bonds. The lowest BCUT2D eigenvalue weighted by molar-refractivity contribution is -0.117. The summed E-state index contributed by atoms with van der Waals surface area (Å²) in [4.78, 5) is 14.7. The molecule has 0 radical (unpaired) electrons. The summed E-state index contributed by atoms with van der Waals surface area (Å²) in [5, 5.41) is 12.5. The number of aromatic nitrogens is 1. The molecule has 1 saturated heterocycles. The van der Waals surface area contributed by atoms with Gasteiger partial charge < -0.3 is 5.32 Å². The van der Waals surface area contributed by atoms with Gasteiger partial charge in [0.15, 0.2) is 0 Å². The molecule has 0 atom stereocenters. The molecule has 26 heavy (non-hydrogen) atoms. The Kier molecular flexibility index (Phi) is 5.38. The van der Waals surface area contributed by atoms with Crippen LogP contribution >= 0.6 is 0 Å². The van der Waals surface area contributed by atoms with Gasteiger partial charge in [0.05, 0.1) is 17.8 Å². The van der Waals surface area contributed by atoms with Crippen LogP contribution in [0, 0.1) is 31.0 Å². The van der Waals surface area contributed by atoms with Crippen LogP contribution in [0.25, 0.3) is 5.69 Å². The highest BCUT2D eigenvalue weighted by atomic mass is 19.1. The lowest BCUT2D eigenvalue weighted by atomic mass is 10.1. The molecule has 1 aromatic carbocycles. The van der Waals surface area contributed by atoms with E-state index in [0.29, 0.717) is 23.6 Å². The van der Waals surface area contributed by atoms with Gasteiger partial charge >= 0.3 is 0 Å². The van der Waals surface area contributed by atoms with Gasteiger partial charge in [-0.2, -0.15) is 5.26 Å². The number of halogens is 1. The van der Waals surface area contributed by atoms with Gasteiger partial charge in [-0.15, -0.1) is 0 Å². The van der Waals surface area contributed by atoms with Gasteiger partial charge in [-0.3, -0.25) is 14.3 Å². The highest BCUT2D eigenvalue weighted by Crippen LogP contribution is 2.30. The number of piperidine rings is 1. The van der Waals surface area contributed by atoms with Crippen molar-refractivity contribution >= 4 is 11.7 Å². The van der Waals surface area contributed by atoms with Crippen LogP contribution in [0.1, 0.15) is 36.1 Å². The Morgan fingerprint density at radius 2 is 2.00 bits per heavy atom. The van der Waals surface area contributed by atoms with Gasteiger partial charge in [0.25, 0.3) is 0 Å². The fourth-order valence-corrected chi connectivity index (χ4v) is 3.49. The molecule has 0 aliphatic carbocycles. The Balaban J connectivity index is 1.93. The number of amides is 1. The Bertz CT molecular complexity index is 859. The Labute approximate surface area is 153 Å². The minimum absolute atomic E-state index is 0.154. The first-order valence-corrected chi connectivity index (χ1v) is 8.91. The molecule has 3 rings (SSSR count). The summed E-state index contributed by atoms with van der Waals surface area (Å²) in [7, 11) is 0. The van der Waals surface area contributed by atoms with E-state index in [1.165, 1.54) is 18.6 Å². The molecule has 1 aliphatic rings. The Morgan fingerprint density at radius 3 is 2.65 bits per heavy atom. The van der Waals surface area contributed by atoms with E-state index in [2.05, 4.69) is 16.3 Å². The molecule has 6 heteroatoms. The summed E-state index contributed by atoms with van der Waals surface area (Å²) in [5.41, 5.74) is 2.59. The summed E-state index contributed by atoms with van der Waals surface area (Å²) in [6, 6.07) is 8.32. The third-order valence-corrected chi connectivity index (χ3v) is 4.97. The van der Waals surface area contributed by atoms with Crippen molar-refractivity contribution in [3.63, 3.8) is 0 Å². The number of hydrogen-bond acceptors (Lipinski definition) is 3. The highest BCUT2D eigenvalue weighted by Gasteiger charge is 2.22. The van der Waals surface area contributed by atoms with E-state index in [-0.39, 0.29) is 11.7 Å². The Morgan fingerprint density at radius 1 is 1.27 bits per heavy atom. The van der Waals surface area contributed by atoms with E-state index in [9.17, 15) is 14.4 Å². The number of anilines is 1. The number of nitrogens with zero attached hydrogens (tertiary/aromatic N) is 3. The maximum atomic E-state index is 13.7. The molecule has 0 unspecified atom stereocenters. The third kappa shape index (κ3) is 3.63. The number of carbonyl (C=O) groups excluding carboxylic acids is 1. The number of nitrogens with one attached hydrogen (secondary N) is 1. The fourth-order valence-electron chi connectivity index (χ4n) is 3.49. The fraction of sp³-hybridized carbons (Fsp3) is 0.400. The van der Waals surface area contributed by atoms with Crippen molar-refractivity contribution in [2.45, 2.75) is 33.1 Å². The van der Waals surface area contributed by atoms with E-state index in [0.717, 1.165) is 37.2 Å². The van der Waals surface area contributed by atoms with Gasteiger partial charge in [-0.05, 0) is 63.5 Å². The van der Waals surface area contributed by atoms with Gasteiger partial charge in [-0.1, -0.05) is 12.5 Å². The zero-order valence-electron chi connectivity index (χ0n) is 15.2. The second-order valence-electron chi connectivity index (χ2n) is 6.75. The SMILES string of the molecule is Cc1c(C#N)c(NC(=O)CN2CCCCC2)n(-c2cccc(F)c2)c1C. The predicted octanol–water partition coefficient (Wildman–Crippen LogP) is 3.53. The van der Waals surface area contributed by atoms with E-state index >= 15 is 0 Å². The molecule has 0 saturated carbocycles. The van der Waals surface area contributed by atoms with E-state index in [1.807, 2.05) is 13.8 Å². The number of benzene rings is 1. The number of likely N-dealkylation sites (tertiary alicyclic amines) is 1. The molecule has 136 valence electrons. The molecular formula is C20H23FN4O. The zero-order chi connectivity index (χ0) is 18.7. The molecule has 1 N–H and O–H groups in total. The first-order chi connectivity index (χ1) is 12.5. The average molecular weight is 354 g/mol. The molecule has 5 nitrogen and oxygen atoms in total. The monoisotopic (exact) mass is 354 g/mol. The van der Waals surface area contributed by atoms with Crippen LogP contribution in [-0.4, -0.2) is 35.0 Å². The minimum Gasteiger partial charge on any atom is -0.310 e. The number of rotatable bonds is 4. The summed E-state index contributed by atoms with van der Waals surface area (Å²) in [6.07, 6.45) is 3.42.